The standard InChI is InChI=1S/C26H34N4O6S/c1-18-23(25(32)36-15-14-33-2)24(20-6-4-5-7-21(20)34-3)30-19(17-37-26(30)28-18)16-22(31)27-8-9-29-10-12-35-13-11-29/h4-7,17,24H,8-16H2,1-3H3,(H,27,31)/t24-/m0/s1. The van der Waals surface area contributed by atoms with Crippen LogP contribution in [0.5, 0.6) is 5.75 Å². The van der Waals surface area contributed by atoms with Crippen molar-refractivity contribution in [3.05, 3.63) is 52.2 Å². The van der Waals surface area contributed by atoms with Gasteiger partial charge in [-0.05, 0) is 18.4 Å². The molecule has 3 aliphatic heterocycles. The number of morpholine rings is 1. The number of carbonyl (C=O) groups excluding carboxylic acids is 2. The number of amidine groups is 1. The summed E-state index contributed by atoms with van der Waals surface area (Å²) in [6, 6.07) is 7.00. The molecule has 37 heavy (non-hydrogen) atoms. The number of nitrogens with zero attached hydrogens (tertiary/aromatic N) is 3. The lowest BCUT2D eigenvalue weighted by Crippen LogP contribution is -2.42. The van der Waals surface area contributed by atoms with Crippen LogP contribution in [0.2, 0.25) is 0 Å². The molecule has 10 nitrogen and oxygen atoms in total. The minimum absolute atomic E-state index is 0.0874. The molecule has 0 aromatic heterocycles. The highest BCUT2D eigenvalue weighted by Gasteiger charge is 2.42. The number of nitrogens with one attached hydrogen (secondary N) is 1. The first kappa shape index (κ1) is 27.2. The van der Waals surface area contributed by atoms with Gasteiger partial charge >= 0.3 is 5.97 Å². The van der Waals surface area contributed by atoms with Crippen LogP contribution >= 0.6 is 11.8 Å². The van der Waals surface area contributed by atoms with Gasteiger partial charge in [0.05, 0.1) is 50.7 Å². The lowest BCUT2D eigenvalue weighted by molar-refractivity contribution is -0.141. The predicted molar refractivity (Wildman–Crippen MR) is 141 cm³/mol. The van der Waals surface area contributed by atoms with E-state index in [1.807, 2.05) is 34.6 Å². The molecule has 1 atom stereocenters. The van der Waals surface area contributed by atoms with Gasteiger partial charge < -0.3 is 29.2 Å². The predicted octanol–water partition coefficient (Wildman–Crippen LogP) is 2.30. The lowest BCUT2D eigenvalue weighted by atomic mass is 9.93. The molecule has 0 spiro atoms. The quantitative estimate of drug-likeness (QED) is 0.341. The van der Waals surface area contributed by atoms with E-state index in [4.69, 9.17) is 23.9 Å². The number of methoxy groups -OCH3 is 2. The summed E-state index contributed by atoms with van der Waals surface area (Å²) in [6.45, 7) is 6.77. The van der Waals surface area contributed by atoms with Crippen molar-refractivity contribution in [2.24, 2.45) is 4.99 Å². The van der Waals surface area contributed by atoms with Crippen LogP contribution in [0.15, 0.2) is 51.6 Å². The highest BCUT2D eigenvalue weighted by molar-refractivity contribution is 8.16. The average molecular weight is 531 g/mol. The van der Waals surface area contributed by atoms with Crippen LogP contribution in [0.4, 0.5) is 0 Å². The number of allylic oxidation sites excluding steroid dienone is 1. The summed E-state index contributed by atoms with van der Waals surface area (Å²) in [5, 5.41) is 5.66. The third-order valence-corrected chi connectivity index (χ3v) is 7.26. The van der Waals surface area contributed by atoms with E-state index in [2.05, 4.69) is 10.2 Å². The van der Waals surface area contributed by atoms with Crippen molar-refractivity contribution in [3.8, 4) is 5.75 Å². The van der Waals surface area contributed by atoms with Gasteiger partial charge in [0.15, 0.2) is 5.17 Å². The fourth-order valence-corrected chi connectivity index (χ4v) is 5.48. The van der Waals surface area contributed by atoms with Crippen molar-refractivity contribution in [2.45, 2.75) is 19.4 Å². The minimum atomic E-state index is -0.555. The molecule has 4 rings (SSSR count). The Balaban J connectivity index is 1.54. The van der Waals surface area contributed by atoms with E-state index < -0.39 is 12.0 Å². The fourth-order valence-electron chi connectivity index (χ4n) is 4.52. The van der Waals surface area contributed by atoms with Gasteiger partial charge in [0, 0.05) is 44.5 Å². The molecule has 0 radical (unpaired) electrons. The van der Waals surface area contributed by atoms with Crippen LogP contribution in [0.1, 0.15) is 24.9 Å². The summed E-state index contributed by atoms with van der Waals surface area (Å²) in [6.07, 6.45) is 0.159. The van der Waals surface area contributed by atoms with E-state index in [1.165, 1.54) is 11.8 Å². The Kier molecular flexibility index (Phi) is 9.62. The molecule has 0 saturated carbocycles. The number of para-hydroxylation sites is 1. The number of hydrogen-bond acceptors (Lipinski definition) is 10. The second-order valence-electron chi connectivity index (χ2n) is 8.74. The molecule has 3 heterocycles. The van der Waals surface area contributed by atoms with Crippen molar-refractivity contribution >= 4 is 28.8 Å². The van der Waals surface area contributed by atoms with Crippen LogP contribution in [-0.4, -0.2) is 93.7 Å². The number of thioether (sulfide) groups is 1. The Morgan fingerprint density at radius 3 is 2.73 bits per heavy atom. The maximum absolute atomic E-state index is 13.3. The van der Waals surface area contributed by atoms with E-state index in [0.717, 1.165) is 44.1 Å². The normalized spacial score (nSPS) is 19.8. The fraction of sp³-hybridized carbons (Fsp3) is 0.500. The summed E-state index contributed by atoms with van der Waals surface area (Å²) < 4.78 is 21.6. The van der Waals surface area contributed by atoms with Crippen molar-refractivity contribution in [1.82, 2.24) is 15.1 Å². The van der Waals surface area contributed by atoms with Gasteiger partial charge in [0.25, 0.3) is 0 Å². The summed E-state index contributed by atoms with van der Waals surface area (Å²) in [5.74, 6) is 0.0741. The molecule has 1 amide bonds. The van der Waals surface area contributed by atoms with Gasteiger partial charge in [-0.2, -0.15) is 0 Å². The van der Waals surface area contributed by atoms with Crippen molar-refractivity contribution < 1.29 is 28.5 Å². The number of esters is 1. The molecular weight excluding hydrogens is 496 g/mol. The van der Waals surface area contributed by atoms with Crippen LogP contribution in [0.3, 0.4) is 0 Å². The second-order valence-corrected chi connectivity index (χ2v) is 9.58. The maximum atomic E-state index is 13.3. The average Bonchev–Trinajstić information content (AvgIpc) is 3.30. The summed E-state index contributed by atoms with van der Waals surface area (Å²) >= 11 is 1.44. The zero-order valence-corrected chi connectivity index (χ0v) is 22.3. The number of carbonyl (C=O) groups is 2. The summed E-state index contributed by atoms with van der Waals surface area (Å²) in [7, 11) is 3.15. The third kappa shape index (κ3) is 6.53. The molecule has 200 valence electrons. The van der Waals surface area contributed by atoms with Crippen molar-refractivity contribution in [1.29, 1.82) is 0 Å². The smallest absolute Gasteiger partial charge is 0.338 e. The molecule has 0 unspecified atom stereocenters. The van der Waals surface area contributed by atoms with Gasteiger partial charge in [-0.15, -0.1) is 0 Å². The van der Waals surface area contributed by atoms with Crippen LogP contribution in [-0.2, 0) is 23.8 Å². The van der Waals surface area contributed by atoms with Gasteiger partial charge in [-0.3, -0.25) is 9.69 Å². The van der Waals surface area contributed by atoms with E-state index in [9.17, 15) is 9.59 Å². The molecule has 1 saturated heterocycles. The zero-order valence-electron chi connectivity index (χ0n) is 21.5. The van der Waals surface area contributed by atoms with E-state index in [0.29, 0.717) is 35.3 Å². The third-order valence-electron chi connectivity index (χ3n) is 6.37. The molecule has 11 heteroatoms. The highest BCUT2D eigenvalue weighted by atomic mass is 32.2. The first-order chi connectivity index (χ1) is 18.0. The number of aliphatic imine (C=N–C) groups is 1. The van der Waals surface area contributed by atoms with Crippen LogP contribution in [0.25, 0.3) is 0 Å². The maximum Gasteiger partial charge on any atom is 0.338 e. The van der Waals surface area contributed by atoms with Crippen molar-refractivity contribution in [3.63, 3.8) is 0 Å². The molecule has 0 bridgehead atoms. The van der Waals surface area contributed by atoms with Gasteiger partial charge in [0.2, 0.25) is 5.91 Å². The number of rotatable bonds is 11. The Hall–Kier alpha value is -2.86. The SMILES string of the molecule is COCCOC(=O)C1=C(C)N=C2SC=C(CC(=O)NCCN3CCOCC3)N2[C@H]1c1ccccc1OC. The molecule has 1 aromatic carbocycles. The second kappa shape index (κ2) is 13.1. The molecule has 3 aliphatic rings. The minimum Gasteiger partial charge on any atom is -0.496 e. The zero-order chi connectivity index (χ0) is 26.2. The molecule has 1 fully saturated rings. The number of ether oxygens (including phenoxy) is 4. The van der Waals surface area contributed by atoms with E-state index >= 15 is 0 Å². The first-order valence-corrected chi connectivity index (χ1v) is 13.2. The van der Waals surface area contributed by atoms with Gasteiger partial charge in [0.1, 0.15) is 12.4 Å². The number of hydrogen-bond donors (Lipinski definition) is 1. The molecule has 1 N–H and O–H groups in total. The Morgan fingerprint density at radius 2 is 1.97 bits per heavy atom. The summed E-state index contributed by atoms with van der Waals surface area (Å²) in [5.41, 5.74) is 2.53. The van der Waals surface area contributed by atoms with Crippen LogP contribution in [0, 0.1) is 0 Å². The van der Waals surface area contributed by atoms with Gasteiger partial charge in [-0.25, -0.2) is 9.79 Å². The lowest BCUT2D eigenvalue weighted by Gasteiger charge is -2.36. The first-order valence-electron chi connectivity index (χ1n) is 12.3. The Bertz CT molecular complexity index is 1080. The monoisotopic (exact) mass is 530 g/mol. The molecule has 1 aromatic rings. The molecule has 0 aliphatic carbocycles. The van der Waals surface area contributed by atoms with Gasteiger partial charge in [-0.1, -0.05) is 30.0 Å². The van der Waals surface area contributed by atoms with Crippen LogP contribution < -0.4 is 10.1 Å². The highest BCUT2D eigenvalue weighted by Crippen LogP contribution is 2.46. The largest absolute Gasteiger partial charge is 0.496 e. The molecular formula is C26H34N4O6S. The summed E-state index contributed by atoms with van der Waals surface area (Å²) in [4.78, 5) is 35.1. The number of benzene rings is 1. The Labute approximate surface area is 221 Å². The van der Waals surface area contributed by atoms with E-state index in [-0.39, 0.29) is 18.9 Å². The number of fused-ring (bicyclic) bond motifs is 1. The van der Waals surface area contributed by atoms with E-state index in [1.54, 1.807) is 21.1 Å². The topological polar surface area (TPSA) is 102 Å². The Morgan fingerprint density at radius 1 is 1.19 bits per heavy atom. The number of amides is 1. The van der Waals surface area contributed by atoms with Crippen molar-refractivity contribution in [2.75, 3.05) is 66.8 Å².